The monoisotopic (exact) mass is 317 g/mol. The number of nitrogens with one attached hydrogen (secondary N) is 1. The van der Waals surface area contributed by atoms with E-state index >= 15 is 0 Å². The minimum absolute atomic E-state index is 0.0333. The van der Waals surface area contributed by atoms with E-state index in [1.165, 1.54) is 6.42 Å². The molecule has 23 heavy (non-hydrogen) atoms. The Hall–Kier alpha value is -1.75. The highest BCUT2D eigenvalue weighted by atomic mass is 16.5. The molecule has 1 atom stereocenters. The lowest BCUT2D eigenvalue weighted by Crippen LogP contribution is -2.55. The number of rotatable bonds is 4. The second-order valence-electron chi connectivity index (χ2n) is 6.22. The van der Waals surface area contributed by atoms with Crippen LogP contribution in [0.2, 0.25) is 0 Å². The normalized spacial score (nSPS) is 22.0. The summed E-state index contributed by atoms with van der Waals surface area (Å²) < 4.78 is 5.73. The molecule has 1 unspecified atom stereocenters. The van der Waals surface area contributed by atoms with Gasteiger partial charge in [0.05, 0.1) is 18.3 Å². The maximum absolute atomic E-state index is 12.6. The van der Waals surface area contributed by atoms with Gasteiger partial charge in [0.2, 0.25) is 5.91 Å². The number of hydrogen-bond donors (Lipinski definition) is 1. The molecule has 0 saturated carbocycles. The van der Waals surface area contributed by atoms with Crippen LogP contribution in [0.1, 0.15) is 26.2 Å². The number of anilines is 1. The Bertz CT molecular complexity index is 521. The molecule has 1 N–H and O–H groups in total. The quantitative estimate of drug-likeness (QED) is 0.921. The van der Waals surface area contributed by atoms with Crippen molar-refractivity contribution in [3.8, 4) is 5.75 Å². The third kappa shape index (κ3) is 3.78. The molecule has 0 bridgehead atoms. The van der Waals surface area contributed by atoms with E-state index in [0.717, 1.165) is 57.0 Å². The molecule has 0 spiro atoms. The van der Waals surface area contributed by atoms with E-state index < -0.39 is 0 Å². The van der Waals surface area contributed by atoms with Gasteiger partial charge in [-0.25, -0.2) is 0 Å². The second kappa shape index (κ2) is 7.68. The van der Waals surface area contributed by atoms with Crippen LogP contribution in [-0.4, -0.2) is 56.2 Å². The van der Waals surface area contributed by atoms with Crippen LogP contribution < -0.4 is 15.0 Å². The van der Waals surface area contributed by atoms with Gasteiger partial charge in [-0.05, 0) is 38.4 Å². The number of para-hydroxylation sites is 2. The maximum Gasteiger partial charge on any atom is 0.239 e. The molecule has 2 aliphatic heterocycles. The van der Waals surface area contributed by atoms with E-state index in [1.807, 2.05) is 30.0 Å². The van der Waals surface area contributed by atoms with Gasteiger partial charge in [0.15, 0.2) is 0 Å². The summed E-state index contributed by atoms with van der Waals surface area (Å²) in [6.45, 7) is 6.95. The molecule has 1 aromatic rings. The lowest BCUT2D eigenvalue weighted by Gasteiger charge is -2.38. The van der Waals surface area contributed by atoms with Gasteiger partial charge in [0, 0.05) is 26.2 Å². The number of hydrogen-bond acceptors (Lipinski definition) is 4. The predicted molar refractivity (Wildman–Crippen MR) is 92.0 cm³/mol. The van der Waals surface area contributed by atoms with Crippen molar-refractivity contribution in [1.82, 2.24) is 10.2 Å². The molecule has 2 heterocycles. The van der Waals surface area contributed by atoms with Crippen molar-refractivity contribution in [2.75, 3.05) is 44.2 Å². The fraction of sp³-hybridized carbons (Fsp3) is 0.611. The van der Waals surface area contributed by atoms with Crippen molar-refractivity contribution in [2.24, 2.45) is 0 Å². The van der Waals surface area contributed by atoms with Crippen LogP contribution in [0.25, 0.3) is 0 Å². The van der Waals surface area contributed by atoms with E-state index in [1.54, 1.807) is 0 Å². The fourth-order valence-electron chi connectivity index (χ4n) is 3.45. The molecule has 126 valence electrons. The van der Waals surface area contributed by atoms with Crippen molar-refractivity contribution in [3.63, 3.8) is 0 Å². The highest BCUT2D eigenvalue weighted by Gasteiger charge is 2.28. The summed E-state index contributed by atoms with van der Waals surface area (Å²) in [7, 11) is 0. The summed E-state index contributed by atoms with van der Waals surface area (Å²) in [5.74, 6) is 1.21. The van der Waals surface area contributed by atoms with Crippen LogP contribution >= 0.6 is 0 Å². The molecule has 2 aliphatic rings. The number of benzene rings is 1. The first-order chi connectivity index (χ1) is 11.3. The highest BCUT2D eigenvalue weighted by molar-refractivity contribution is 5.82. The molecular weight excluding hydrogens is 290 g/mol. The Morgan fingerprint density at radius 2 is 2.00 bits per heavy atom. The third-order valence-electron chi connectivity index (χ3n) is 4.71. The van der Waals surface area contributed by atoms with Crippen molar-refractivity contribution < 1.29 is 9.53 Å². The summed E-state index contributed by atoms with van der Waals surface area (Å²) in [5, 5.41) is 3.36. The number of piperazine rings is 1. The molecular formula is C18H27N3O2. The molecule has 2 saturated heterocycles. The molecule has 0 aromatic heterocycles. The zero-order valence-electron chi connectivity index (χ0n) is 14.0. The van der Waals surface area contributed by atoms with Gasteiger partial charge in [-0.2, -0.15) is 0 Å². The Balaban J connectivity index is 1.59. The molecule has 3 rings (SSSR count). The molecule has 2 fully saturated rings. The summed E-state index contributed by atoms with van der Waals surface area (Å²) in [5.41, 5.74) is 1.14. The number of nitrogens with zero attached hydrogens (tertiary/aromatic N) is 2. The van der Waals surface area contributed by atoms with Crippen molar-refractivity contribution in [3.05, 3.63) is 24.3 Å². The topological polar surface area (TPSA) is 44.8 Å². The number of ether oxygens (including phenoxy) is 1. The molecule has 0 radical (unpaired) electrons. The van der Waals surface area contributed by atoms with Crippen LogP contribution in [0.3, 0.4) is 0 Å². The molecule has 5 heteroatoms. The van der Waals surface area contributed by atoms with Crippen molar-refractivity contribution >= 4 is 11.6 Å². The Morgan fingerprint density at radius 3 is 2.70 bits per heavy atom. The molecule has 1 aromatic carbocycles. The van der Waals surface area contributed by atoms with Crippen LogP contribution in [0, 0.1) is 0 Å². The lowest BCUT2D eigenvalue weighted by atomic mass is 10.0. The van der Waals surface area contributed by atoms with Crippen LogP contribution in [0.4, 0.5) is 5.69 Å². The van der Waals surface area contributed by atoms with Crippen LogP contribution in [0.15, 0.2) is 24.3 Å². The first-order valence-corrected chi connectivity index (χ1v) is 8.78. The van der Waals surface area contributed by atoms with E-state index in [9.17, 15) is 4.79 Å². The van der Waals surface area contributed by atoms with Gasteiger partial charge in [0.1, 0.15) is 5.75 Å². The second-order valence-corrected chi connectivity index (χ2v) is 6.22. The average molecular weight is 317 g/mol. The average Bonchev–Trinajstić information content (AvgIpc) is 2.63. The van der Waals surface area contributed by atoms with Gasteiger partial charge < -0.3 is 19.9 Å². The Kier molecular flexibility index (Phi) is 5.39. The summed E-state index contributed by atoms with van der Waals surface area (Å²) in [6.07, 6.45) is 3.32. The van der Waals surface area contributed by atoms with Crippen molar-refractivity contribution in [2.45, 2.75) is 32.2 Å². The Morgan fingerprint density at radius 1 is 1.22 bits per heavy atom. The molecule has 1 amide bonds. The van der Waals surface area contributed by atoms with Crippen LogP contribution in [-0.2, 0) is 4.79 Å². The number of amides is 1. The zero-order valence-corrected chi connectivity index (χ0v) is 14.0. The largest absolute Gasteiger partial charge is 0.492 e. The SMILES string of the molecule is CCOc1ccccc1N1CCN(C(=O)C2CCCCN2)CC1. The smallest absolute Gasteiger partial charge is 0.239 e. The fourth-order valence-corrected chi connectivity index (χ4v) is 3.45. The number of carbonyl (C=O) groups is 1. The van der Waals surface area contributed by atoms with Gasteiger partial charge in [-0.1, -0.05) is 18.6 Å². The van der Waals surface area contributed by atoms with Gasteiger partial charge in [0.25, 0.3) is 0 Å². The van der Waals surface area contributed by atoms with Crippen LogP contribution in [0.5, 0.6) is 5.75 Å². The lowest BCUT2D eigenvalue weighted by molar-refractivity contribution is -0.134. The predicted octanol–water partition coefficient (Wildman–Crippen LogP) is 1.88. The summed E-state index contributed by atoms with van der Waals surface area (Å²) in [4.78, 5) is 16.9. The van der Waals surface area contributed by atoms with Crippen molar-refractivity contribution in [1.29, 1.82) is 0 Å². The molecule has 0 aliphatic carbocycles. The first kappa shape index (κ1) is 16.1. The van der Waals surface area contributed by atoms with E-state index in [2.05, 4.69) is 16.3 Å². The summed E-state index contributed by atoms with van der Waals surface area (Å²) in [6, 6.07) is 8.20. The van der Waals surface area contributed by atoms with E-state index in [4.69, 9.17) is 4.74 Å². The Labute approximate surface area is 138 Å². The number of carbonyl (C=O) groups excluding carboxylic acids is 1. The van der Waals surface area contributed by atoms with E-state index in [0.29, 0.717) is 6.61 Å². The first-order valence-electron chi connectivity index (χ1n) is 8.78. The maximum atomic E-state index is 12.6. The zero-order chi connectivity index (χ0) is 16.1. The minimum Gasteiger partial charge on any atom is -0.492 e. The van der Waals surface area contributed by atoms with E-state index in [-0.39, 0.29) is 11.9 Å². The van der Waals surface area contributed by atoms with Gasteiger partial charge in [-0.15, -0.1) is 0 Å². The molecule has 5 nitrogen and oxygen atoms in total. The summed E-state index contributed by atoms with van der Waals surface area (Å²) >= 11 is 0. The van der Waals surface area contributed by atoms with Gasteiger partial charge in [-0.3, -0.25) is 4.79 Å². The highest BCUT2D eigenvalue weighted by Crippen LogP contribution is 2.29. The minimum atomic E-state index is 0.0333. The standard InChI is InChI=1S/C18H27N3O2/c1-2-23-17-9-4-3-8-16(17)20-11-13-21(14-12-20)18(22)15-7-5-6-10-19-15/h3-4,8-9,15,19H,2,5-7,10-14H2,1H3. The third-order valence-corrected chi connectivity index (χ3v) is 4.71. The number of piperidine rings is 1. The van der Waals surface area contributed by atoms with Gasteiger partial charge >= 0.3 is 0 Å².